The number of anilines is 1. The minimum atomic E-state index is -3.50. The topological polar surface area (TPSA) is 86.8 Å². The molecule has 1 saturated carbocycles. The van der Waals surface area contributed by atoms with Crippen molar-refractivity contribution in [2.45, 2.75) is 68.7 Å². The van der Waals surface area contributed by atoms with Gasteiger partial charge in [-0.05, 0) is 49.9 Å². The van der Waals surface area contributed by atoms with Crippen LogP contribution in [0, 0.1) is 5.92 Å². The minimum Gasteiger partial charge on any atom is -0.339 e. The average Bonchev–Trinajstić information content (AvgIpc) is 3.30. The third-order valence-corrected chi connectivity index (χ3v) is 8.53. The number of nitrogens with one attached hydrogen (secondary N) is 1. The summed E-state index contributed by atoms with van der Waals surface area (Å²) in [5, 5.41) is 2.86. The highest BCUT2D eigenvalue weighted by molar-refractivity contribution is 7.89. The maximum atomic E-state index is 12.9. The van der Waals surface area contributed by atoms with Gasteiger partial charge in [0.05, 0.1) is 10.8 Å². The zero-order chi connectivity index (χ0) is 21.1. The molecular weight excluding hydrogens is 402 g/mol. The van der Waals surface area contributed by atoms with Gasteiger partial charge in [-0.15, -0.1) is 0 Å². The molecule has 0 aromatic heterocycles. The highest BCUT2D eigenvalue weighted by Crippen LogP contribution is 2.30. The summed E-state index contributed by atoms with van der Waals surface area (Å²) in [5.41, 5.74) is 0.557. The van der Waals surface area contributed by atoms with Crippen LogP contribution in [-0.4, -0.2) is 55.1 Å². The van der Waals surface area contributed by atoms with Crippen LogP contribution in [0.4, 0.5) is 5.69 Å². The molecule has 8 heteroatoms. The largest absolute Gasteiger partial charge is 0.339 e. The highest BCUT2D eigenvalue weighted by atomic mass is 32.2. The van der Waals surface area contributed by atoms with E-state index in [2.05, 4.69) is 5.32 Å². The smallest absolute Gasteiger partial charge is 0.243 e. The summed E-state index contributed by atoms with van der Waals surface area (Å²) in [6, 6.07) is 6.67. The second kappa shape index (κ2) is 9.06. The standard InChI is InChI=1S/C22H31N3O4S/c26-21-15-17(16-25(21)19-7-3-4-8-19)22(27)23-18-9-11-20(12-10-18)30(28,29)24-13-5-1-2-6-14-24/h9-12,17,19H,1-8,13-16H2,(H,23,27). The quantitative estimate of drug-likeness (QED) is 0.773. The third-order valence-electron chi connectivity index (χ3n) is 6.62. The summed E-state index contributed by atoms with van der Waals surface area (Å²) in [4.78, 5) is 27.1. The van der Waals surface area contributed by atoms with E-state index in [1.54, 1.807) is 28.6 Å². The van der Waals surface area contributed by atoms with Gasteiger partial charge in [-0.1, -0.05) is 25.7 Å². The van der Waals surface area contributed by atoms with Crippen LogP contribution < -0.4 is 5.32 Å². The molecule has 1 atom stereocenters. The highest BCUT2D eigenvalue weighted by Gasteiger charge is 2.38. The van der Waals surface area contributed by atoms with Crippen molar-refractivity contribution in [3.05, 3.63) is 24.3 Å². The van der Waals surface area contributed by atoms with Crippen molar-refractivity contribution < 1.29 is 18.0 Å². The molecule has 1 aliphatic carbocycles. The maximum absolute atomic E-state index is 12.9. The Kier molecular flexibility index (Phi) is 6.43. The van der Waals surface area contributed by atoms with E-state index in [1.807, 2.05) is 4.90 Å². The Hall–Kier alpha value is -1.93. The fourth-order valence-corrected chi connectivity index (χ4v) is 6.38. The molecule has 1 aromatic rings. The molecule has 1 N–H and O–H groups in total. The number of nitrogens with zero attached hydrogens (tertiary/aromatic N) is 2. The van der Waals surface area contributed by atoms with Crippen molar-refractivity contribution in [2.75, 3.05) is 25.0 Å². The molecule has 1 unspecified atom stereocenters. The predicted molar refractivity (Wildman–Crippen MR) is 114 cm³/mol. The summed E-state index contributed by atoms with van der Waals surface area (Å²) in [6.07, 6.45) is 8.55. The van der Waals surface area contributed by atoms with E-state index in [4.69, 9.17) is 0 Å². The second-order valence-electron chi connectivity index (χ2n) is 8.72. The number of likely N-dealkylation sites (tertiary alicyclic amines) is 1. The number of sulfonamides is 1. The Balaban J connectivity index is 1.37. The number of hydrogen-bond acceptors (Lipinski definition) is 4. The van der Waals surface area contributed by atoms with E-state index in [0.29, 0.717) is 31.4 Å². The maximum Gasteiger partial charge on any atom is 0.243 e. The lowest BCUT2D eigenvalue weighted by molar-refractivity contribution is -0.129. The van der Waals surface area contributed by atoms with E-state index < -0.39 is 10.0 Å². The number of benzene rings is 1. The fraction of sp³-hybridized carbons (Fsp3) is 0.636. The lowest BCUT2D eigenvalue weighted by Crippen LogP contribution is -2.35. The van der Waals surface area contributed by atoms with E-state index in [9.17, 15) is 18.0 Å². The molecule has 164 valence electrons. The van der Waals surface area contributed by atoms with Gasteiger partial charge in [0.2, 0.25) is 21.8 Å². The van der Waals surface area contributed by atoms with Crippen LogP contribution in [0.25, 0.3) is 0 Å². The van der Waals surface area contributed by atoms with Gasteiger partial charge in [0, 0.05) is 37.8 Å². The first-order valence-electron chi connectivity index (χ1n) is 11.2. The molecule has 0 radical (unpaired) electrons. The third kappa shape index (κ3) is 4.54. The van der Waals surface area contributed by atoms with Crippen molar-refractivity contribution >= 4 is 27.5 Å². The second-order valence-corrected chi connectivity index (χ2v) is 10.7. The van der Waals surface area contributed by atoms with E-state index in [0.717, 1.165) is 51.4 Å². The molecule has 0 bridgehead atoms. The fourth-order valence-electron chi connectivity index (χ4n) is 4.86. The van der Waals surface area contributed by atoms with Crippen LogP contribution in [-0.2, 0) is 19.6 Å². The molecule has 2 aliphatic heterocycles. The van der Waals surface area contributed by atoms with Gasteiger partial charge in [0.15, 0.2) is 0 Å². The van der Waals surface area contributed by atoms with Crippen LogP contribution >= 0.6 is 0 Å². The monoisotopic (exact) mass is 433 g/mol. The van der Waals surface area contributed by atoms with E-state index in [1.165, 1.54) is 0 Å². The molecule has 7 nitrogen and oxygen atoms in total. The zero-order valence-electron chi connectivity index (χ0n) is 17.4. The number of carbonyl (C=O) groups is 2. The van der Waals surface area contributed by atoms with Crippen molar-refractivity contribution in [3.63, 3.8) is 0 Å². The SMILES string of the molecule is O=C(Nc1ccc(S(=O)(=O)N2CCCCCC2)cc1)C1CC(=O)N(C2CCCC2)C1. The van der Waals surface area contributed by atoms with Gasteiger partial charge in [-0.2, -0.15) is 4.31 Å². The Morgan fingerprint density at radius 3 is 2.20 bits per heavy atom. The Labute approximate surface area is 178 Å². The summed E-state index contributed by atoms with van der Waals surface area (Å²) >= 11 is 0. The molecule has 2 heterocycles. The number of carbonyl (C=O) groups excluding carboxylic acids is 2. The van der Waals surface area contributed by atoms with Crippen molar-refractivity contribution in [1.29, 1.82) is 0 Å². The number of rotatable bonds is 5. The van der Waals surface area contributed by atoms with Crippen LogP contribution in [0.1, 0.15) is 57.8 Å². The Bertz CT molecular complexity index is 870. The molecule has 4 rings (SSSR count). The lowest BCUT2D eigenvalue weighted by Gasteiger charge is -2.23. The molecule has 2 amide bonds. The van der Waals surface area contributed by atoms with Crippen LogP contribution in [0.2, 0.25) is 0 Å². The van der Waals surface area contributed by atoms with Gasteiger partial charge in [-0.25, -0.2) is 8.42 Å². The Morgan fingerprint density at radius 1 is 0.933 bits per heavy atom. The summed E-state index contributed by atoms with van der Waals surface area (Å²) < 4.78 is 27.3. The molecule has 1 aromatic carbocycles. The number of amides is 2. The average molecular weight is 434 g/mol. The predicted octanol–water partition coefficient (Wildman–Crippen LogP) is 2.98. The first kappa shape index (κ1) is 21.3. The van der Waals surface area contributed by atoms with E-state index in [-0.39, 0.29) is 29.0 Å². The van der Waals surface area contributed by atoms with Gasteiger partial charge in [-0.3, -0.25) is 9.59 Å². The summed E-state index contributed by atoms with van der Waals surface area (Å²) in [6.45, 7) is 1.61. The van der Waals surface area contributed by atoms with Gasteiger partial charge in [0.25, 0.3) is 0 Å². The number of hydrogen-bond donors (Lipinski definition) is 1. The van der Waals surface area contributed by atoms with E-state index >= 15 is 0 Å². The minimum absolute atomic E-state index is 0.0703. The van der Waals surface area contributed by atoms with Crippen LogP contribution in [0.5, 0.6) is 0 Å². The molecule has 2 saturated heterocycles. The van der Waals surface area contributed by atoms with Gasteiger partial charge in [0.1, 0.15) is 0 Å². The lowest BCUT2D eigenvalue weighted by atomic mass is 10.1. The molecular formula is C22H31N3O4S. The van der Waals surface area contributed by atoms with Gasteiger partial charge < -0.3 is 10.2 Å². The molecule has 0 spiro atoms. The summed E-state index contributed by atoms with van der Waals surface area (Å²) in [7, 11) is -3.50. The van der Waals surface area contributed by atoms with Crippen molar-refractivity contribution in [1.82, 2.24) is 9.21 Å². The first-order valence-corrected chi connectivity index (χ1v) is 12.6. The normalized spacial score (nSPS) is 24.2. The zero-order valence-corrected chi connectivity index (χ0v) is 18.2. The van der Waals surface area contributed by atoms with Crippen molar-refractivity contribution in [3.8, 4) is 0 Å². The molecule has 30 heavy (non-hydrogen) atoms. The summed E-state index contributed by atoms with van der Waals surface area (Å²) in [5.74, 6) is -0.452. The van der Waals surface area contributed by atoms with Crippen LogP contribution in [0.3, 0.4) is 0 Å². The van der Waals surface area contributed by atoms with Crippen LogP contribution in [0.15, 0.2) is 29.2 Å². The Morgan fingerprint density at radius 2 is 1.57 bits per heavy atom. The van der Waals surface area contributed by atoms with Crippen molar-refractivity contribution in [2.24, 2.45) is 5.92 Å². The molecule has 3 fully saturated rings. The van der Waals surface area contributed by atoms with Gasteiger partial charge >= 0.3 is 0 Å². The molecule has 3 aliphatic rings. The first-order chi connectivity index (χ1) is 14.4.